The number of ether oxygens (including phenoxy) is 1. The first kappa shape index (κ1) is 14.6. The van der Waals surface area contributed by atoms with Crippen molar-refractivity contribution in [3.63, 3.8) is 0 Å². The molecule has 3 rings (SSSR count). The Morgan fingerprint density at radius 3 is 2.82 bits per heavy atom. The highest BCUT2D eigenvalue weighted by atomic mass is 19.1. The average Bonchev–Trinajstić information content (AvgIpc) is 2.83. The van der Waals surface area contributed by atoms with Gasteiger partial charge in [0.15, 0.2) is 11.6 Å². The van der Waals surface area contributed by atoms with Gasteiger partial charge in [0.25, 0.3) is 0 Å². The van der Waals surface area contributed by atoms with Crippen molar-refractivity contribution >= 4 is 11.6 Å². The molecule has 0 aliphatic carbocycles. The maximum atomic E-state index is 13.7. The van der Waals surface area contributed by atoms with Gasteiger partial charge in [0, 0.05) is 11.7 Å². The number of carbonyl (C=O) groups is 1. The molecule has 0 aromatic heterocycles. The van der Waals surface area contributed by atoms with Gasteiger partial charge >= 0.3 is 0 Å². The molecule has 4 heteroatoms. The molecule has 2 aromatic carbocycles. The van der Waals surface area contributed by atoms with Crippen LogP contribution < -0.4 is 9.64 Å². The van der Waals surface area contributed by atoms with Crippen LogP contribution in [0.4, 0.5) is 10.1 Å². The average molecular weight is 299 g/mol. The summed E-state index contributed by atoms with van der Waals surface area (Å²) in [6.07, 6.45) is 1.04. The zero-order valence-corrected chi connectivity index (χ0v) is 12.7. The minimum atomic E-state index is -0.442. The third kappa shape index (κ3) is 2.56. The molecule has 1 amide bonds. The van der Waals surface area contributed by atoms with Gasteiger partial charge in [0.2, 0.25) is 5.91 Å². The van der Waals surface area contributed by atoms with Gasteiger partial charge in [-0.2, -0.15) is 0 Å². The predicted octanol–water partition coefficient (Wildman–Crippen LogP) is 3.35. The van der Waals surface area contributed by atoms with Crippen molar-refractivity contribution in [1.82, 2.24) is 0 Å². The quantitative estimate of drug-likeness (QED) is 0.870. The van der Waals surface area contributed by atoms with Crippen molar-refractivity contribution < 1.29 is 13.9 Å². The second kappa shape index (κ2) is 5.79. The Morgan fingerprint density at radius 2 is 2.09 bits per heavy atom. The first-order valence-electron chi connectivity index (χ1n) is 7.32. The van der Waals surface area contributed by atoms with Gasteiger partial charge in [0.05, 0.1) is 13.5 Å². The number of amides is 1. The third-order valence-electron chi connectivity index (χ3n) is 4.05. The molecular formula is C18H18FNO2. The van der Waals surface area contributed by atoms with E-state index in [1.54, 1.807) is 12.1 Å². The third-order valence-corrected chi connectivity index (χ3v) is 4.05. The first-order chi connectivity index (χ1) is 10.6. The monoisotopic (exact) mass is 299 g/mol. The van der Waals surface area contributed by atoms with Gasteiger partial charge < -0.3 is 9.64 Å². The highest BCUT2D eigenvalue weighted by Crippen LogP contribution is 2.32. The van der Waals surface area contributed by atoms with Crippen LogP contribution in [0.25, 0.3) is 0 Å². The van der Waals surface area contributed by atoms with Crippen molar-refractivity contribution in [3.05, 3.63) is 59.4 Å². The SMILES string of the molecule is COc1ccc(CC(=O)N2c3ccccc3CC2C)cc1F. The fraction of sp³-hybridized carbons (Fsp3) is 0.278. The molecule has 1 unspecified atom stereocenters. The van der Waals surface area contributed by atoms with Crippen LogP contribution in [0.5, 0.6) is 5.75 Å². The summed E-state index contributed by atoms with van der Waals surface area (Å²) < 4.78 is 18.6. The zero-order chi connectivity index (χ0) is 15.7. The molecule has 0 saturated heterocycles. The number of hydrogen-bond donors (Lipinski definition) is 0. The van der Waals surface area contributed by atoms with Crippen molar-refractivity contribution in [3.8, 4) is 5.75 Å². The maximum absolute atomic E-state index is 13.7. The summed E-state index contributed by atoms with van der Waals surface area (Å²) in [4.78, 5) is 14.4. The highest BCUT2D eigenvalue weighted by molar-refractivity contribution is 5.97. The molecule has 0 bridgehead atoms. The van der Waals surface area contributed by atoms with E-state index in [2.05, 4.69) is 0 Å². The van der Waals surface area contributed by atoms with E-state index in [4.69, 9.17) is 4.74 Å². The second-order valence-corrected chi connectivity index (χ2v) is 5.59. The van der Waals surface area contributed by atoms with Crippen LogP contribution in [-0.2, 0) is 17.6 Å². The lowest BCUT2D eigenvalue weighted by atomic mass is 10.1. The number of halogens is 1. The van der Waals surface area contributed by atoms with E-state index in [1.807, 2.05) is 36.1 Å². The fourth-order valence-corrected chi connectivity index (χ4v) is 3.03. The highest BCUT2D eigenvalue weighted by Gasteiger charge is 2.30. The molecule has 1 atom stereocenters. The summed E-state index contributed by atoms with van der Waals surface area (Å²) in [7, 11) is 1.42. The van der Waals surface area contributed by atoms with E-state index < -0.39 is 5.82 Å². The number of methoxy groups -OCH3 is 1. The van der Waals surface area contributed by atoms with Crippen LogP contribution >= 0.6 is 0 Å². The summed E-state index contributed by atoms with van der Waals surface area (Å²) in [5.41, 5.74) is 2.80. The fourth-order valence-electron chi connectivity index (χ4n) is 3.03. The predicted molar refractivity (Wildman–Crippen MR) is 83.8 cm³/mol. The minimum absolute atomic E-state index is 0.0120. The number of para-hydroxylation sites is 1. The molecule has 1 heterocycles. The smallest absolute Gasteiger partial charge is 0.231 e. The molecule has 0 radical (unpaired) electrons. The summed E-state index contributed by atoms with van der Waals surface area (Å²) in [6, 6.07) is 12.7. The Morgan fingerprint density at radius 1 is 1.32 bits per heavy atom. The van der Waals surface area contributed by atoms with Crippen molar-refractivity contribution in [2.75, 3.05) is 12.0 Å². The van der Waals surface area contributed by atoms with Crippen LogP contribution in [0, 0.1) is 5.82 Å². The topological polar surface area (TPSA) is 29.5 Å². The molecule has 2 aromatic rings. The van der Waals surface area contributed by atoms with Crippen molar-refractivity contribution in [2.45, 2.75) is 25.8 Å². The molecular weight excluding hydrogens is 281 g/mol. The van der Waals surface area contributed by atoms with Gasteiger partial charge in [0.1, 0.15) is 0 Å². The molecule has 0 fully saturated rings. The largest absolute Gasteiger partial charge is 0.494 e. The normalized spacial score (nSPS) is 16.5. The van der Waals surface area contributed by atoms with Gasteiger partial charge in [-0.1, -0.05) is 24.3 Å². The number of nitrogens with zero attached hydrogens (tertiary/aromatic N) is 1. The molecule has 1 aliphatic rings. The van der Waals surface area contributed by atoms with E-state index in [-0.39, 0.29) is 24.1 Å². The van der Waals surface area contributed by atoms with E-state index in [0.717, 1.165) is 12.1 Å². The maximum Gasteiger partial charge on any atom is 0.231 e. The lowest BCUT2D eigenvalue weighted by Crippen LogP contribution is -2.36. The Kier molecular flexibility index (Phi) is 3.84. The van der Waals surface area contributed by atoms with Gasteiger partial charge in [-0.25, -0.2) is 4.39 Å². The standard InChI is InChI=1S/C18H18FNO2/c1-12-9-14-5-3-4-6-16(14)20(12)18(21)11-13-7-8-17(22-2)15(19)10-13/h3-8,10,12H,9,11H2,1-2H3. The molecule has 0 spiro atoms. The van der Waals surface area contributed by atoms with Crippen molar-refractivity contribution in [1.29, 1.82) is 0 Å². The summed E-state index contributed by atoms with van der Waals surface area (Å²) in [5.74, 6) is -0.263. The molecule has 114 valence electrons. The number of benzene rings is 2. The van der Waals surface area contributed by atoms with Gasteiger partial charge in [-0.3, -0.25) is 4.79 Å². The summed E-state index contributed by atoms with van der Waals surface area (Å²) in [5, 5.41) is 0. The molecule has 22 heavy (non-hydrogen) atoms. The Hall–Kier alpha value is -2.36. The number of hydrogen-bond acceptors (Lipinski definition) is 2. The minimum Gasteiger partial charge on any atom is -0.494 e. The van der Waals surface area contributed by atoms with E-state index in [9.17, 15) is 9.18 Å². The first-order valence-corrected chi connectivity index (χ1v) is 7.32. The van der Waals surface area contributed by atoms with Crippen LogP contribution in [0.3, 0.4) is 0 Å². The Balaban J connectivity index is 1.82. The summed E-state index contributed by atoms with van der Waals surface area (Å²) >= 11 is 0. The van der Waals surface area contributed by atoms with Crippen LogP contribution in [0.1, 0.15) is 18.1 Å². The van der Waals surface area contributed by atoms with E-state index >= 15 is 0 Å². The van der Waals surface area contributed by atoms with Gasteiger partial charge in [-0.05, 0) is 42.7 Å². The van der Waals surface area contributed by atoms with Gasteiger partial charge in [-0.15, -0.1) is 0 Å². The Bertz CT molecular complexity index is 714. The van der Waals surface area contributed by atoms with Crippen LogP contribution in [0.2, 0.25) is 0 Å². The zero-order valence-electron chi connectivity index (χ0n) is 12.7. The van der Waals surface area contributed by atoms with E-state index in [0.29, 0.717) is 5.56 Å². The number of anilines is 1. The molecule has 0 N–H and O–H groups in total. The Labute approximate surface area is 129 Å². The van der Waals surface area contributed by atoms with Crippen LogP contribution in [-0.4, -0.2) is 19.1 Å². The molecule has 3 nitrogen and oxygen atoms in total. The van der Waals surface area contributed by atoms with Crippen molar-refractivity contribution in [2.24, 2.45) is 0 Å². The summed E-state index contributed by atoms with van der Waals surface area (Å²) in [6.45, 7) is 2.03. The molecule has 1 aliphatic heterocycles. The van der Waals surface area contributed by atoms with E-state index in [1.165, 1.54) is 18.7 Å². The number of carbonyl (C=O) groups excluding carboxylic acids is 1. The second-order valence-electron chi connectivity index (χ2n) is 5.59. The van der Waals surface area contributed by atoms with Crippen LogP contribution in [0.15, 0.2) is 42.5 Å². The lowest BCUT2D eigenvalue weighted by Gasteiger charge is -2.23. The molecule has 0 saturated carbocycles. The number of rotatable bonds is 3. The lowest BCUT2D eigenvalue weighted by molar-refractivity contribution is -0.118. The number of fused-ring (bicyclic) bond motifs is 1.